The zero-order valence-corrected chi connectivity index (χ0v) is 19.8. The molecule has 31 heavy (non-hydrogen) atoms. The molecule has 7 heteroatoms. The number of benzene rings is 1. The van der Waals surface area contributed by atoms with E-state index in [1.165, 1.54) is 0 Å². The smallest absolute Gasteiger partial charge is 0.326 e. The average Bonchev–Trinajstić information content (AvgIpc) is 3.55. The molecule has 1 aliphatic carbocycles. The van der Waals surface area contributed by atoms with Crippen molar-refractivity contribution in [3.63, 3.8) is 0 Å². The minimum absolute atomic E-state index is 0.0861. The molecular weight excluding hydrogens is 410 g/mol. The van der Waals surface area contributed by atoms with Crippen LogP contribution in [0.1, 0.15) is 65.7 Å². The van der Waals surface area contributed by atoms with Gasteiger partial charge in [0.25, 0.3) is 0 Å². The number of ether oxygens (including phenoxy) is 1. The number of nitrogens with zero attached hydrogens (tertiary/aromatic N) is 3. The van der Waals surface area contributed by atoms with Crippen LogP contribution in [-0.4, -0.2) is 50.8 Å². The van der Waals surface area contributed by atoms with Crippen LogP contribution in [0.3, 0.4) is 0 Å². The van der Waals surface area contributed by atoms with E-state index in [1.54, 1.807) is 11.8 Å². The lowest BCUT2D eigenvalue weighted by molar-refractivity contribution is -0.149. The molecule has 6 nitrogen and oxygen atoms in total. The van der Waals surface area contributed by atoms with Crippen LogP contribution in [-0.2, 0) is 20.9 Å². The molecule has 1 aromatic heterocycles. The number of rotatable bonds is 13. The lowest BCUT2D eigenvalue weighted by Crippen LogP contribution is -2.34. The van der Waals surface area contributed by atoms with Gasteiger partial charge in [0.2, 0.25) is 5.91 Å². The summed E-state index contributed by atoms with van der Waals surface area (Å²) in [5, 5.41) is 0.831. The van der Waals surface area contributed by atoms with Gasteiger partial charge in [-0.3, -0.25) is 9.59 Å². The summed E-state index contributed by atoms with van der Waals surface area (Å²) in [5.41, 5.74) is 1.83. The van der Waals surface area contributed by atoms with Crippen molar-refractivity contribution < 1.29 is 14.3 Å². The van der Waals surface area contributed by atoms with Gasteiger partial charge in [0, 0.05) is 24.8 Å². The Labute approximate surface area is 189 Å². The Balaban J connectivity index is 1.60. The minimum Gasteiger partial charge on any atom is -0.461 e. The summed E-state index contributed by atoms with van der Waals surface area (Å²) in [7, 11) is 0. The lowest BCUT2D eigenvalue weighted by Gasteiger charge is -2.22. The second-order valence-electron chi connectivity index (χ2n) is 8.30. The molecule has 2 aromatic rings. The SMILES string of the molecule is CCCCC(=O)N(CCCSc1nc2ccccc2n1CC(=O)OC(C)CC)C1CC1. The van der Waals surface area contributed by atoms with Gasteiger partial charge < -0.3 is 14.2 Å². The third kappa shape index (κ3) is 6.73. The third-order valence-corrected chi connectivity index (χ3v) is 6.70. The highest BCUT2D eigenvalue weighted by atomic mass is 32.2. The van der Waals surface area contributed by atoms with Crippen LogP contribution in [0.4, 0.5) is 0 Å². The van der Waals surface area contributed by atoms with Gasteiger partial charge in [-0.1, -0.05) is 44.2 Å². The number of esters is 1. The summed E-state index contributed by atoms with van der Waals surface area (Å²) in [6.07, 6.45) is 6.58. The van der Waals surface area contributed by atoms with Crippen molar-refractivity contribution in [1.82, 2.24) is 14.5 Å². The lowest BCUT2D eigenvalue weighted by atomic mass is 10.2. The van der Waals surface area contributed by atoms with Gasteiger partial charge in [-0.05, 0) is 51.2 Å². The molecule has 0 N–H and O–H groups in total. The first-order valence-corrected chi connectivity index (χ1v) is 12.6. The van der Waals surface area contributed by atoms with Crippen LogP contribution in [0.25, 0.3) is 11.0 Å². The number of para-hydroxylation sites is 2. The van der Waals surface area contributed by atoms with Crippen molar-refractivity contribution in [2.45, 2.75) is 89.6 Å². The molecule has 1 fully saturated rings. The van der Waals surface area contributed by atoms with E-state index in [0.717, 1.165) is 67.0 Å². The predicted molar refractivity (Wildman–Crippen MR) is 125 cm³/mol. The Morgan fingerprint density at radius 2 is 2.03 bits per heavy atom. The van der Waals surface area contributed by atoms with E-state index >= 15 is 0 Å². The van der Waals surface area contributed by atoms with Crippen LogP contribution in [0, 0.1) is 0 Å². The molecule has 0 aliphatic heterocycles. The summed E-state index contributed by atoms with van der Waals surface area (Å²) in [6, 6.07) is 8.33. The van der Waals surface area contributed by atoms with Gasteiger partial charge in [0.15, 0.2) is 5.16 Å². The van der Waals surface area contributed by atoms with E-state index < -0.39 is 0 Å². The van der Waals surface area contributed by atoms with Crippen LogP contribution < -0.4 is 0 Å². The molecular formula is C24H35N3O3S. The molecule has 1 atom stereocenters. The molecule has 1 unspecified atom stereocenters. The van der Waals surface area contributed by atoms with Crippen LogP contribution >= 0.6 is 11.8 Å². The van der Waals surface area contributed by atoms with Crippen molar-refractivity contribution in [2.75, 3.05) is 12.3 Å². The van der Waals surface area contributed by atoms with E-state index in [-0.39, 0.29) is 18.6 Å². The number of carbonyl (C=O) groups is 2. The summed E-state index contributed by atoms with van der Waals surface area (Å²) < 4.78 is 7.44. The number of hydrogen-bond donors (Lipinski definition) is 0. The van der Waals surface area contributed by atoms with Gasteiger partial charge in [-0.25, -0.2) is 4.98 Å². The Hall–Kier alpha value is -2.02. The highest BCUT2D eigenvalue weighted by Gasteiger charge is 2.31. The molecule has 0 bridgehead atoms. The second kappa shape index (κ2) is 11.6. The topological polar surface area (TPSA) is 64.4 Å². The zero-order chi connectivity index (χ0) is 22.2. The zero-order valence-electron chi connectivity index (χ0n) is 19.0. The maximum absolute atomic E-state index is 12.5. The van der Waals surface area contributed by atoms with Crippen LogP contribution in [0.5, 0.6) is 0 Å². The first-order chi connectivity index (χ1) is 15.0. The molecule has 0 saturated heterocycles. The fraction of sp³-hybridized carbons (Fsp3) is 0.625. The van der Waals surface area contributed by atoms with E-state index in [2.05, 4.69) is 11.8 Å². The largest absolute Gasteiger partial charge is 0.461 e. The van der Waals surface area contributed by atoms with Crippen LogP contribution in [0.2, 0.25) is 0 Å². The second-order valence-corrected chi connectivity index (χ2v) is 9.36. The van der Waals surface area contributed by atoms with Crippen molar-refractivity contribution in [3.8, 4) is 0 Å². The first-order valence-electron chi connectivity index (χ1n) is 11.6. The molecule has 1 aromatic carbocycles. The molecule has 1 amide bonds. The fourth-order valence-corrected chi connectivity index (χ4v) is 4.50. The van der Waals surface area contributed by atoms with E-state index in [9.17, 15) is 9.59 Å². The Morgan fingerprint density at radius 1 is 1.26 bits per heavy atom. The number of aromatic nitrogens is 2. The third-order valence-electron chi connectivity index (χ3n) is 5.64. The standard InChI is InChI=1S/C24H35N3O3S/c1-4-6-12-22(28)26(19-13-14-19)15-9-16-31-24-25-20-10-7-8-11-21(20)27(24)17-23(29)30-18(3)5-2/h7-8,10-11,18-19H,4-6,9,12-17H2,1-3H3. The number of fused-ring (bicyclic) bond motifs is 1. The first kappa shape index (κ1) is 23.6. The monoisotopic (exact) mass is 445 g/mol. The number of imidazole rings is 1. The van der Waals surface area contributed by atoms with Gasteiger partial charge in [0.05, 0.1) is 17.1 Å². The summed E-state index contributed by atoms with van der Waals surface area (Å²) >= 11 is 1.65. The van der Waals surface area contributed by atoms with Gasteiger partial charge >= 0.3 is 5.97 Å². The number of thioether (sulfide) groups is 1. The molecule has 1 aliphatic rings. The molecule has 3 rings (SSSR count). The number of unbranched alkanes of at least 4 members (excludes halogenated alkanes) is 1. The minimum atomic E-state index is -0.235. The molecule has 0 radical (unpaired) electrons. The Kier molecular flexibility index (Phi) is 8.81. The van der Waals surface area contributed by atoms with E-state index in [1.807, 2.05) is 42.7 Å². The van der Waals surface area contributed by atoms with Gasteiger partial charge in [0.1, 0.15) is 6.54 Å². The predicted octanol–water partition coefficient (Wildman–Crippen LogP) is 5.04. The van der Waals surface area contributed by atoms with Gasteiger partial charge in [-0.15, -0.1) is 0 Å². The highest BCUT2D eigenvalue weighted by molar-refractivity contribution is 7.99. The summed E-state index contributed by atoms with van der Waals surface area (Å²) in [4.78, 5) is 31.7. The summed E-state index contributed by atoms with van der Waals surface area (Å²) in [5.74, 6) is 0.920. The van der Waals surface area contributed by atoms with Crippen molar-refractivity contribution >= 4 is 34.7 Å². The van der Waals surface area contributed by atoms with E-state index in [4.69, 9.17) is 9.72 Å². The fourth-order valence-electron chi connectivity index (χ4n) is 3.56. The average molecular weight is 446 g/mol. The number of amides is 1. The Bertz CT molecular complexity index is 878. The maximum Gasteiger partial charge on any atom is 0.326 e. The van der Waals surface area contributed by atoms with Crippen molar-refractivity contribution in [2.24, 2.45) is 0 Å². The Morgan fingerprint density at radius 3 is 2.74 bits per heavy atom. The van der Waals surface area contributed by atoms with Crippen molar-refractivity contribution in [3.05, 3.63) is 24.3 Å². The molecule has 0 spiro atoms. The normalized spacial score (nSPS) is 14.5. The highest BCUT2D eigenvalue weighted by Crippen LogP contribution is 2.29. The summed E-state index contributed by atoms with van der Waals surface area (Å²) in [6.45, 7) is 7.00. The molecule has 1 saturated carbocycles. The maximum atomic E-state index is 12.5. The number of carbonyl (C=O) groups excluding carboxylic acids is 2. The molecule has 1 heterocycles. The van der Waals surface area contributed by atoms with E-state index in [0.29, 0.717) is 18.4 Å². The van der Waals surface area contributed by atoms with Crippen molar-refractivity contribution in [1.29, 1.82) is 0 Å². The molecule has 170 valence electrons. The van der Waals surface area contributed by atoms with Crippen LogP contribution in [0.15, 0.2) is 29.4 Å². The van der Waals surface area contributed by atoms with Gasteiger partial charge in [-0.2, -0.15) is 0 Å². The quantitative estimate of drug-likeness (QED) is 0.245. The number of hydrogen-bond acceptors (Lipinski definition) is 5.